The normalized spacial score (nSPS) is 21.1. The largest absolute Gasteiger partial charge is 0.508 e. The fourth-order valence-corrected chi connectivity index (χ4v) is 3.53. The number of hydrogen-bond acceptors (Lipinski definition) is 5. The molecule has 0 saturated carbocycles. The van der Waals surface area contributed by atoms with Gasteiger partial charge in [-0.2, -0.15) is 0 Å². The maximum absolute atomic E-state index is 11.6. The van der Waals surface area contributed by atoms with Crippen LogP contribution in [0.4, 0.5) is 0 Å². The van der Waals surface area contributed by atoms with Gasteiger partial charge >= 0.3 is 5.97 Å². The Morgan fingerprint density at radius 1 is 1.28 bits per heavy atom. The van der Waals surface area contributed by atoms with Gasteiger partial charge in [-0.3, -0.25) is 4.79 Å². The van der Waals surface area contributed by atoms with Crippen LogP contribution < -0.4 is 4.74 Å². The number of aliphatic hydroxyl groups excluding tert-OH is 1. The van der Waals surface area contributed by atoms with Crippen molar-refractivity contribution in [2.24, 2.45) is 0 Å². The standard InChI is InChI=1S/C23H30O6/c1-14(2)7-5-8-15(3)9-6-10-23(4)20(26)12-17-19(25)11-16(22(27)28)18(13-24)21(17)29-23/h7,9,11,13,20,25-26H,5-6,8,10,12H2,1-4H3,(H,27,28). The fraction of sp³-hybridized carbons (Fsp3) is 0.478. The van der Waals surface area contributed by atoms with E-state index in [0.29, 0.717) is 19.1 Å². The van der Waals surface area contributed by atoms with E-state index >= 15 is 0 Å². The number of aliphatic hydroxyl groups is 1. The summed E-state index contributed by atoms with van der Waals surface area (Å²) in [6.45, 7) is 7.95. The molecule has 1 aliphatic heterocycles. The molecule has 29 heavy (non-hydrogen) atoms. The molecule has 1 aromatic rings. The lowest BCUT2D eigenvalue weighted by Gasteiger charge is -2.40. The van der Waals surface area contributed by atoms with Gasteiger partial charge in [-0.1, -0.05) is 23.3 Å². The van der Waals surface area contributed by atoms with Gasteiger partial charge in [-0.25, -0.2) is 4.79 Å². The zero-order valence-electron chi connectivity index (χ0n) is 17.5. The molecule has 3 N–H and O–H groups in total. The number of rotatable bonds is 8. The molecule has 0 bridgehead atoms. The third-order valence-electron chi connectivity index (χ3n) is 5.41. The molecule has 0 fully saturated rings. The number of allylic oxidation sites excluding steroid dienone is 4. The Labute approximate surface area is 171 Å². The Kier molecular flexibility index (Phi) is 7.25. The molecule has 2 unspecified atom stereocenters. The first-order chi connectivity index (χ1) is 13.6. The molecule has 1 aliphatic rings. The van der Waals surface area contributed by atoms with E-state index in [9.17, 15) is 24.9 Å². The van der Waals surface area contributed by atoms with Crippen molar-refractivity contribution in [1.82, 2.24) is 0 Å². The first-order valence-electron chi connectivity index (χ1n) is 9.82. The molecular formula is C23H30O6. The molecule has 0 spiro atoms. The first kappa shape index (κ1) is 22.7. The number of hydrogen-bond donors (Lipinski definition) is 3. The highest BCUT2D eigenvalue weighted by Crippen LogP contribution is 2.43. The van der Waals surface area contributed by atoms with Crippen LogP contribution in [0.15, 0.2) is 29.4 Å². The van der Waals surface area contributed by atoms with Gasteiger partial charge in [-0.05, 0) is 59.4 Å². The number of aldehydes is 1. The summed E-state index contributed by atoms with van der Waals surface area (Å²) in [5.74, 6) is -1.56. The number of fused-ring (bicyclic) bond motifs is 1. The predicted molar refractivity (Wildman–Crippen MR) is 111 cm³/mol. The summed E-state index contributed by atoms with van der Waals surface area (Å²) >= 11 is 0. The minimum atomic E-state index is -1.32. The number of benzene rings is 1. The smallest absolute Gasteiger partial charge is 0.336 e. The summed E-state index contributed by atoms with van der Waals surface area (Å²) < 4.78 is 5.98. The van der Waals surface area contributed by atoms with Crippen molar-refractivity contribution in [3.05, 3.63) is 46.1 Å². The number of carbonyl (C=O) groups is 2. The van der Waals surface area contributed by atoms with Gasteiger partial charge in [0.05, 0.1) is 17.2 Å². The molecule has 6 heteroatoms. The third-order valence-corrected chi connectivity index (χ3v) is 5.41. The van der Waals surface area contributed by atoms with E-state index in [0.717, 1.165) is 18.9 Å². The molecule has 0 aliphatic carbocycles. The van der Waals surface area contributed by atoms with Crippen LogP contribution in [0, 0.1) is 0 Å². The summed E-state index contributed by atoms with van der Waals surface area (Å²) in [7, 11) is 0. The third kappa shape index (κ3) is 5.26. The van der Waals surface area contributed by atoms with Gasteiger partial charge in [0.15, 0.2) is 6.29 Å². The van der Waals surface area contributed by atoms with Crippen LogP contribution in [0.1, 0.15) is 79.7 Å². The molecule has 2 rings (SSSR count). The van der Waals surface area contributed by atoms with Crippen LogP contribution in [0.3, 0.4) is 0 Å². The molecule has 6 nitrogen and oxygen atoms in total. The Hall–Kier alpha value is -2.60. The van der Waals surface area contributed by atoms with Crippen molar-refractivity contribution in [1.29, 1.82) is 0 Å². The summed E-state index contributed by atoms with van der Waals surface area (Å²) in [4.78, 5) is 23.0. The van der Waals surface area contributed by atoms with Crippen LogP contribution in [0.2, 0.25) is 0 Å². The van der Waals surface area contributed by atoms with Crippen molar-refractivity contribution in [2.75, 3.05) is 0 Å². The summed E-state index contributed by atoms with van der Waals surface area (Å²) in [6, 6.07) is 1.03. The van der Waals surface area contributed by atoms with Gasteiger partial charge in [0.25, 0.3) is 0 Å². The summed E-state index contributed by atoms with van der Waals surface area (Å²) in [6.07, 6.45) is 7.02. The van der Waals surface area contributed by atoms with Crippen molar-refractivity contribution in [3.8, 4) is 11.5 Å². The molecule has 158 valence electrons. The minimum Gasteiger partial charge on any atom is -0.508 e. The Balaban J connectivity index is 2.21. The van der Waals surface area contributed by atoms with E-state index in [1.807, 2.05) is 0 Å². The van der Waals surface area contributed by atoms with E-state index < -0.39 is 17.7 Å². The fourth-order valence-electron chi connectivity index (χ4n) is 3.53. The average Bonchev–Trinajstić information content (AvgIpc) is 2.63. The number of phenolic OH excluding ortho intramolecular Hbond substituents is 1. The molecule has 0 saturated heterocycles. The van der Waals surface area contributed by atoms with Crippen molar-refractivity contribution in [3.63, 3.8) is 0 Å². The van der Waals surface area contributed by atoms with Crippen LogP contribution in [-0.4, -0.2) is 39.3 Å². The van der Waals surface area contributed by atoms with E-state index in [2.05, 4.69) is 32.9 Å². The molecule has 0 amide bonds. The molecule has 0 aromatic heterocycles. The van der Waals surface area contributed by atoms with Gasteiger partial charge < -0.3 is 20.1 Å². The van der Waals surface area contributed by atoms with Gasteiger partial charge in [0.1, 0.15) is 17.1 Å². The molecule has 1 heterocycles. The molecule has 2 atom stereocenters. The average molecular weight is 402 g/mol. The Bertz CT molecular complexity index is 847. The van der Waals surface area contributed by atoms with E-state index in [1.54, 1.807) is 6.92 Å². The quantitative estimate of drug-likeness (QED) is 0.439. The predicted octanol–water partition coefficient (Wildman–Crippen LogP) is 4.43. The summed E-state index contributed by atoms with van der Waals surface area (Å²) in [5.41, 5.74) is 1.37. The number of carbonyl (C=O) groups excluding carboxylic acids is 1. The monoisotopic (exact) mass is 402 g/mol. The van der Waals surface area contributed by atoms with Crippen LogP contribution >= 0.6 is 0 Å². The second-order valence-corrected chi connectivity index (χ2v) is 8.13. The zero-order chi connectivity index (χ0) is 21.8. The summed E-state index contributed by atoms with van der Waals surface area (Å²) in [5, 5.41) is 30.1. The lowest BCUT2D eigenvalue weighted by molar-refractivity contribution is -0.0595. The molecular weight excluding hydrogens is 372 g/mol. The number of aromatic carboxylic acids is 1. The van der Waals surface area contributed by atoms with Gasteiger partial charge in [0, 0.05) is 12.0 Å². The Morgan fingerprint density at radius 2 is 1.97 bits per heavy atom. The van der Waals surface area contributed by atoms with Crippen molar-refractivity contribution >= 4 is 12.3 Å². The second-order valence-electron chi connectivity index (χ2n) is 8.13. The zero-order valence-corrected chi connectivity index (χ0v) is 17.5. The second kappa shape index (κ2) is 9.27. The van der Waals surface area contributed by atoms with Crippen molar-refractivity contribution in [2.45, 2.75) is 71.5 Å². The SMILES string of the molecule is CC(C)=CCCC(C)=CCCC1(C)Oc2c(C=O)c(C(=O)O)cc(O)c2CC1O. The van der Waals surface area contributed by atoms with Crippen LogP contribution in [-0.2, 0) is 6.42 Å². The van der Waals surface area contributed by atoms with E-state index in [4.69, 9.17) is 4.74 Å². The maximum Gasteiger partial charge on any atom is 0.336 e. The van der Waals surface area contributed by atoms with E-state index in [1.165, 1.54) is 11.1 Å². The molecule has 1 aromatic carbocycles. The van der Waals surface area contributed by atoms with E-state index in [-0.39, 0.29) is 34.6 Å². The van der Waals surface area contributed by atoms with Gasteiger partial charge in [0.2, 0.25) is 0 Å². The number of ether oxygens (including phenoxy) is 1. The maximum atomic E-state index is 11.6. The first-order valence-corrected chi connectivity index (χ1v) is 9.82. The number of aromatic hydroxyl groups is 1. The lowest BCUT2D eigenvalue weighted by Crippen LogP contribution is -2.49. The topological polar surface area (TPSA) is 104 Å². The highest BCUT2D eigenvalue weighted by Gasteiger charge is 2.42. The van der Waals surface area contributed by atoms with Crippen LogP contribution in [0.25, 0.3) is 0 Å². The highest BCUT2D eigenvalue weighted by molar-refractivity contribution is 6.00. The number of carboxylic acid groups (broad SMARTS) is 1. The number of carboxylic acids is 1. The number of phenols is 1. The van der Waals surface area contributed by atoms with Crippen LogP contribution in [0.5, 0.6) is 11.5 Å². The Morgan fingerprint density at radius 3 is 2.55 bits per heavy atom. The minimum absolute atomic E-state index is 0.0504. The van der Waals surface area contributed by atoms with Crippen molar-refractivity contribution < 1.29 is 29.6 Å². The highest BCUT2D eigenvalue weighted by atomic mass is 16.5. The molecule has 0 radical (unpaired) electrons. The van der Waals surface area contributed by atoms with Gasteiger partial charge in [-0.15, -0.1) is 0 Å². The lowest BCUT2D eigenvalue weighted by atomic mass is 9.84.